The molecule has 1 aromatic carbocycles. The molecular formula is C20H22ClN3O4. The standard InChI is InChI=1S/C20H22ClN3O4/c1-12-8-15(5-6-16(12)28-17-7-4-14(21)11-22-17)23-19(26)24-18(25)13-9-20(2,10-13)27-3/h4-8,11,13H,9-10H2,1-3H3,(H2,23,24,25,26). The quantitative estimate of drug-likeness (QED) is 0.776. The highest BCUT2D eigenvalue weighted by atomic mass is 35.5. The van der Waals surface area contributed by atoms with Gasteiger partial charge < -0.3 is 14.8 Å². The van der Waals surface area contributed by atoms with Gasteiger partial charge in [0.1, 0.15) is 5.75 Å². The average molecular weight is 404 g/mol. The molecule has 1 fully saturated rings. The zero-order valence-corrected chi connectivity index (χ0v) is 16.7. The average Bonchev–Trinajstić information content (AvgIpc) is 2.62. The minimum atomic E-state index is -0.566. The number of amides is 3. The van der Waals surface area contributed by atoms with E-state index in [1.165, 1.54) is 6.20 Å². The lowest BCUT2D eigenvalue weighted by molar-refractivity contribution is -0.142. The molecule has 0 radical (unpaired) electrons. The van der Waals surface area contributed by atoms with Gasteiger partial charge in [-0.1, -0.05) is 11.6 Å². The van der Waals surface area contributed by atoms with Gasteiger partial charge in [-0.25, -0.2) is 9.78 Å². The van der Waals surface area contributed by atoms with Crippen LogP contribution in [-0.4, -0.2) is 29.6 Å². The normalized spacial score (nSPS) is 20.8. The van der Waals surface area contributed by atoms with Crippen molar-refractivity contribution in [3.63, 3.8) is 0 Å². The lowest BCUT2D eigenvalue weighted by Gasteiger charge is -2.42. The number of aromatic nitrogens is 1. The Bertz CT molecular complexity index is 880. The van der Waals surface area contributed by atoms with Crippen molar-refractivity contribution in [2.75, 3.05) is 12.4 Å². The summed E-state index contributed by atoms with van der Waals surface area (Å²) in [6, 6.07) is 7.95. The second kappa shape index (κ2) is 8.16. The van der Waals surface area contributed by atoms with Crippen molar-refractivity contribution >= 4 is 29.2 Å². The third-order valence-electron chi connectivity index (χ3n) is 4.80. The van der Waals surface area contributed by atoms with E-state index in [1.54, 1.807) is 37.4 Å². The first-order valence-electron chi connectivity index (χ1n) is 8.85. The number of ether oxygens (including phenoxy) is 2. The third kappa shape index (κ3) is 4.79. The van der Waals surface area contributed by atoms with Crippen LogP contribution < -0.4 is 15.4 Å². The SMILES string of the molecule is COC1(C)CC(C(=O)NC(=O)Nc2ccc(Oc3ccc(Cl)cn3)c(C)c2)C1. The summed E-state index contributed by atoms with van der Waals surface area (Å²) >= 11 is 5.81. The fraction of sp³-hybridized carbons (Fsp3) is 0.350. The molecule has 0 unspecified atom stereocenters. The topological polar surface area (TPSA) is 89.5 Å². The number of urea groups is 1. The van der Waals surface area contributed by atoms with Gasteiger partial charge in [-0.2, -0.15) is 0 Å². The fourth-order valence-electron chi connectivity index (χ4n) is 3.09. The number of nitrogens with one attached hydrogen (secondary N) is 2. The molecule has 0 bridgehead atoms. The van der Waals surface area contributed by atoms with Crippen LogP contribution in [0.4, 0.5) is 10.5 Å². The van der Waals surface area contributed by atoms with Crippen molar-refractivity contribution < 1.29 is 19.1 Å². The molecule has 0 aliphatic heterocycles. The van der Waals surface area contributed by atoms with E-state index in [1.807, 2.05) is 13.8 Å². The number of carbonyl (C=O) groups is 2. The number of benzene rings is 1. The fourth-order valence-corrected chi connectivity index (χ4v) is 3.20. The molecule has 1 aromatic heterocycles. The van der Waals surface area contributed by atoms with Gasteiger partial charge in [-0.05, 0) is 56.5 Å². The van der Waals surface area contributed by atoms with Crippen LogP contribution in [0.5, 0.6) is 11.6 Å². The van der Waals surface area contributed by atoms with Crippen molar-refractivity contribution in [3.8, 4) is 11.6 Å². The van der Waals surface area contributed by atoms with Crippen LogP contribution in [0.1, 0.15) is 25.3 Å². The molecule has 8 heteroatoms. The van der Waals surface area contributed by atoms with Crippen LogP contribution in [0.25, 0.3) is 0 Å². The summed E-state index contributed by atoms with van der Waals surface area (Å²) in [7, 11) is 1.62. The van der Waals surface area contributed by atoms with Gasteiger partial charge in [0.15, 0.2) is 0 Å². The Morgan fingerprint density at radius 2 is 2.00 bits per heavy atom. The number of hydrogen-bond donors (Lipinski definition) is 2. The van der Waals surface area contributed by atoms with Crippen LogP contribution in [0.3, 0.4) is 0 Å². The van der Waals surface area contributed by atoms with Gasteiger partial charge in [0, 0.05) is 31.0 Å². The van der Waals surface area contributed by atoms with E-state index in [9.17, 15) is 9.59 Å². The number of imide groups is 1. The Morgan fingerprint density at radius 1 is 1.25 bits per heavy atom. The minimum absolute atomic E-state index is 0.208. The summed E-state index contributed by atoms with van der Waals surface area (Å²) in [5.74, 6) is 0.517. The highest BCUT2D eigenvalue weighted by Gasteiger charge is 2.44. The molecule has 0 atom stereocenters. The maximum atomic E-state index is 12.1. The van der Waals surface area contributed by atoms with Crippen LogP contribution >= 0.6 is 11.6 Å². The van der Waals surface area contributed by atoms with E-state index in [2.05, 4.69) is 15.6 Å². The van der Waals surface area contributed by atoms with E-state index in [-0.39, 0.29) is 17.4 Å². The Kier molecular flexibility index (Phi) is 5.86. The first-order valence-corrected chi connectivity index (χ1v) is 9.23. The predicted octanol–water partition coefficient (Wildman–Crippen LogP) is 4.30. The maximum absolute atomic E-state index is 12.1. The number of hydrogen-bond acceptors (Lipinski definition) is 5. The summed E-state index contributed by atoms with van der Waals surface area (Å²) in [5.41, 5.74) is 1.08. The van der Waals surface area contributed by atoms with E-state index < -0.39 is 6.03 Å². The zero-order chi connectivity index (χ0) is 20.3. The highest BCUT2D eigenvalue weighted by Crippen LogP contribution is 2.40. The third-order valence-corrected chi connectivity index (χ3v) is 5.03. The molecule has 1 heterocycles. The van der Waals surface area contributed by atoms with Gasteiger partial charge >= 0.3 is 6.03 Å². The predicted molar refractivity (Wildman–Crippen MR) is 106 cm³/mol. The summed E-state index contributed by atoms with van der Waals surface area (Å²) in [6.45, 7) is 3.79. The summed E-state index contributed by atoms with van der Waals surface area (Å²) in [4.78, 5) is 28.3. The molecular weight excluding hydrogens is 382 g/mol. The van der Waals surface area contributed by atoms with Crippen molar-refractivity contribution in [2.45, 2.75) is 32.3 Å². The first-order chi connectivity index (χ1) is 13.3. The molecule has 2 N–H and O–H groups in total. The molecule has 3 amide bonds. The van der Waals surface area contributed by atoms with Crippen molar-refractivity contribution in [1.82, 2.24) is 10.3 Å². The lowest BCUT2D eigenvalue weighted by atomic mass is 9.71. The first kappa shape index (κ1) is 20.1. The second-order valence-electron chi connectivity index (χ2n) is 7.10. The zero-order valence-electron chi connectivity index (χ0n) is 15.9. The van der Waals surface area contributed by atoms with E-state index >= 15 is 0 Å². The van der Waals surface area contributed by atoms with Crippen molar-refractivity contribution in [1.29, 1.82) is 0 Å². The van der Waals surface area contributed by atoms with Gasteiger partial charge in [0.2, 0.25) is 11.8 Å². The smallest absolute Gasteiger partial charge is 0.325 e. The van der Waals surface area contributed by atoms with Crippen LogP contribution in [-0.2, 0) is 9.53 Å². The van der Waals surface area contributed by atoms with Crippen LogP contribution in [0.15, 0.2) is 36.5 Å². The molecule has 3 rings (SSSR count). The van der Waals surface area contributed by atoms with Gasteiger partial charge in [0.05, 0.1) is 10.6 Å². The maximum Gasteiger partial charge on any atom is 0.325 e. The van der Waals surface area contributed by atoms with Crippen LogP contribution in [0.2, 0.25) is 5.02 Å². The van der Waals surface area contributed by atoms with E-state index in [4.69, 9.17) is 21.1 Å². The second-order valence-corrected chi connectivity index (χ2v) is 7.54. The number of pyridine rings is 1. The molecule has 148 valence electrons. The minimum Gasteiger partial charge on any atom is -0.439 e. The Labute approximate surface area is 168 Å². The molecule has 1 aliphatic carbocycles. The van der Waals surface area contributed by atoms with E-state index in [0.717, 1.165) is 5.56 Å². The number of methoxy groups -OCH3 is 1. The Hall–Kier alpha value is -2.64. The monoisotopic (exact) mass is 403 g/mol. The number of carbonyl (C=O) groups excluding carboxylic acids is 2. The molecule has 1 saturated carbocycles. The van der Waals surface area contributed by atoms with Gasteiger partial charge in [-0.3, -0.25) is 10.1 Å². The largest absolute Gasteiger partial charge is 0.439 e. The summed E-state index contributed by atoms with van der Waals surface area (Å²) in [5, 5.41) is 5.56. The number of anilines is 1. The highest BCUT2D eigenvalue weighted by molar-refractivity contribution is 6.30. The molecule has 1 aliphatic rings. The number of rotatable bonds is 5. The molecule has 0 spiro atoms. The number of aryl methyl sites for hydroxylation is 1. The number of halogens is 1. The summed E-state index contributed by atoms with van der Waals surface area (Å²) < 4.78 is 11.0. The molecule has 2 aromatic rings. The lowest BCUT2D eigenvalue weighted by Crippen LogP contribution is -2.51. The van der Waals surface area contributed by atoms with E-state index in [0.29, 0.717) is 35.2 Å². The Morgan fingerprint density at radius 3 is 2.61 bits per heavy atom. The molecule has 0 saturated heterocycles. The number of nitrogens with zero attached hydrogens (tertiary/aromatic N) is 1. The van der Waals surface area contributed by atoms with Crippen LogP contribution in [0, 0.1) is 12.8 Å². The summed E-state index contributed by atoms with van der Waals surface area (Å²) in [6.07, 6.45) is 2.71. The van der Waals surface area contributed by atoms with Crippen molar-refractivity contribution in [2.24, 2.45) is 5.92 Å². The van der Waals surface area contributed by atoms with Crippen molar-refractivity contribution in [3.05, 3.63) is 47.1 Å². The van der Waals surface area contributed by atoms with Gasteiger partial charge in [-0.15, -0.1) is 0 Å². The Balaban J connectivity index is 1.54. The molecule has 7 nitrogen and oxygen atoms in total. The molecule has 28 heavy (non-hydrogen) atoms. The van der Waals surface area contributed by atoms with Gasteiger partial charge in [0.25, 0.3) is 0 Å².